The van der Waals surface area contributed by atoms with Gasteiger partial charge in [-0.05, 0) is 36.4 Å². The molecule has 1 amide bonds. The van der Waals surface area contributed by atoms with Crippen LogP contribution in [0.15, 0.2) is 41.3 Å². The van der Waals surface area contributed by atoms with Crippen molar-refractivity contribution < 1.29 is 22.3 Å². The maximum absolute atomic E-state index is 14.2. The Labute approximate surface area is 165 Å². The largest absolute Gasteiger partial charge is 0.379 e. The standard InChI is InChI=1S/C17H15Cl2FN2O4S/c18-11-1-3-13(14(19)9-11)17(23)21-12-2-4-15(20)16(10-12)27(24,25)22-5-7-26-8-6-22/h1-4,9-10H,5-8H2,(H,21,23). The number of ether oxygens (including phenoxy) is 1. The first-order valence-electron chi connectivity index (χ1n) is 7.93. The topological polar surface area (TPSA) is 75.7 Å². The van der Waals surface area contributed by atoms with Crippen molar-refractivity contribution in [3.63, 3.8) is 0 Å². The molecule has 10 heteroatoms. The van der Waals surface area contributed by atoms with Gasteiger partial charge in [-0.25, -0.2) is 12.8 Å². The molecule has 1 fully saturated rings. The molecule has 0 atom stereocenters. The SMILES string of the molecule is O=C(Nc1ccc(F)c(S(=O)(=O)N2CCOCC2)c1)c1ccc(Cl)cc1Cl. The van der Waals surface area contributed by atoms with E-state index in [4.69, 9.17) is 27.9 Å². The Bertz CT molecular complexity index is 979. The van der Waals surface area contributed by atoms with Crippen LogP contribution >= 0.6 is 23.2 Å². The normalized spacial score (nSPS) is 15.5. The third kappa shape index (κ3) is 4.41. The van der Waals surface area contributed by atoms with Gasteiger partial charge in [0.25, 0.3) is 5.91 Å². The maximum Gasteiger partial charge on any atom is 0.257 e. The minimum absolute atomic E-state index is 0.124. The van der Waals surface area contributed by atoms with Crippen molar-refractivity contribution in [3.8, 4) is 0 Å². The van der Waals surface area contributed by atoms with Crippen molar-refractivity contribution in [2.24, 2.45) is 0 Å². The molecule has 1 N–H and O–H groups in total. The van der Waals surface area contributed by atoms with Gasteiger partial charge in [-0.1, -0.05) is 23.2 Å². The van der Waals surface area contributed by atoms with E-state index in [1.165, 1.54) is 24.3 Å². The Balaban J connectivity index is 1.88. The number of anilines is 1. The van der Waals surface area contributed by atoms with Crippen LogP contribution in [0.2, 0.25) is 10.0 Å². The first-order chi connectivity index (χ1) is 12.8. The molecule has 3 rings (SSSR count). The van der Waals surface area contributed by atoms with Crippen LogP contribution in [0.1, 0.15) is 10.4 Å². The quantitative estimate of drug-likeness (QED) is 0.802. The summed E-state index contributed by atoms with van der Waals surface area (Å²) in [6.45, 7) is 0.760. The fraction of sp³-hybridized carbons (Fsp3) is 0.235. The fourth-order valence-corrected chi connectivity index (χ4v) is 4.57. The number of hydrogen-bond acceptors (Lipinski definition) is 4. The maximum atomic E-state index is 14.2. The lowest BCUT2D eigenvalue weighted by molar-refractivity contribution is 0.0729. The fourth-order valence-electron chi connectivity index (χ4n) is 2.58. The van der Waals surface area contributed by atoms with E-state index in [0.29, 0.717) is 5.02 Å². The summed E-state index contributed by atoms with van der Waals surface area (Å²) in [5.74, 6) is -1.47. The Morgan fingerprint density at radius 1 is 1.11 bits per heavy atom. The molecule has 1 heterocycles. The molecule has 0 aromatic heterocycles. The second-order valence-electron chi connectivity index (χ2n) is 5.74. The molecular formula is C17H15Cl2FN2O4S. The van der Waals surface area contributed by atoms with E-state index in [9.17, 15) is 17.6 Å². The molecule has 144 valence electrons. The van der Waals surface area contributed by atoms with Crippen LogP contribution in [-0.2, 0) is 14.8 Å². The third-order valence-corrected chi connectivity index (χ3v) is 6.41. The molecule has 2 aromatic carbocycles. The minimum Gasteiger partial charge on any atom is -0.379 e. The zero-order valence-corrected chi connectivity index (χ0v) is 16.2. The average Bonchev–Trinajstić information content (AvgIpc) is 2.63. The molecule has 0 unspecified atom stereocenters. The van der Waals surface area contributed by atoms with E-state index in [1.807, 2.05) is 0 Å². The molecule has 0 radical (unpaired) electrons. The number of rotatable bonds is 4. The predicted octanol–water partition coefficient (Wildman–Crippen LogP) is 3.41. The molecule has 0 saturated carbocycles. The zero-order chi connectivity index (χ0) is 19.6. The van der Waals surface area contributed by atoms with Gasteiger partial charge in [0.2, 0.25) is 10.0 Å². The highest BCUT2D eigenvalue weighted by Gasteiger charge is 2.29. The smallest absolute Gasteiger partial charge is 0.257 e. The molecule has 1 aliphatic heterocycles. The van der Waals surface area contributed by atoms with Gasteiger partial charge in [-0.3, -0.25) is 4.79 Å². The summed E-state index contributed by atoms with van der Waals surface area (Å²) in [6, 6.07) is 7.71. The van der Waals surface area contributed by atoms with Crippen LogP contribution < -0.4 is 5.32 Å². The number of halogens is 3. The summed E-state index contributed by atoms with van der Waals surface area (Å²) in [6.07, 6.45) is 0. The summed E-state index contributed by atoms with van der Waals surface area (Å²) in [4.78, 5) is 11.9. The molecule has 2 aromatic rings. The number of nitrogens with one attached hydrogen (secondary N) is 1. The van der Waals surface area contributed by atoms with Crippen LogP contribution in [0, 0.1) is 5.82 Å². The van der Waals surface area contributed by atoms with Gasteiger partial charge < -0.3 is 10.1 Å². The summed E-state index contributed by atoms with van der Waals surface area (Å²) < 4.78 is 45.9. The Morgan fingerprint density at radius 2 is 1.81 bits per heavy atom. The van der Waals surface area contributed by atoms with Crippen molar-refractivity contribution in [2.75, 3.05) is 31.6 Å². The van der Waals surface area contributed by atoms with Gasteiger partial charge in [-0.2, -0.15) is 4.31 Å². The molecule has 1 aliphatic rings. The van der Waals surface area contributed by atoms with Gasteiger partial charge >= 0.3 is 0 Å². The second kappa shape index (κ2) is 8.12. The Hall–Kier alpha value is -1.71. The van der Waals surface area contributed by atoms with Crippen LogP contribution in [0.3, 0.4) is 0 Å². The van der Waals surface area contributed by atoms with E-state index in [-0.39, 0.29) is 42.6 Å². The van der Waals surface area contributed by atoms with Gasteiger partial charge in [0, 0.05) is 23.8 Å². The van der Waals surface area contributed by atoms with Crippen molar-refractivity contribution in [1.29, 1.82) is 0 Å². The first kappa shape index (κ1) is 20.0. The minimum atomic E-state index is -4.05. The number of carbonyl (C=O) groups is 1. The zero-order valence-electron chi connectivity index (χ0n) is 13.9. The lowest BCUT2D eigenvalue weighted by Crippen LogP contribution is -2.40. The third-order valence-electron chi connectivity index (χ3n) is 3.95. The number of nitrogens with zero attached hydrogens (tertiary/aromatic N) is 1. The van der Waals surface area contributed by atoms with E-state index in [0.717, 1.165) is 16.4 Å². The van der Waals surface area contributed by atoms with Gasteiger partial charge in [0.15, 0.2) is 0 Å². The Morgan fingerprint density at radius 3 is 2.48 bits per heavy atom. The summed E-state index contributed by atoms with van der Waals surface area (Å²) in [5.41, 5.74) is 0.280. The second-order valence-corrected chi connectivity index (χ2v) is 8.49. The average molecular weight is 433 g/mol. The number of sulfonamides is 1. The number of benzene rings is 2. The predicted molar refractivity (Wildman–Crippen MR) is 100 cm³/mol. The lowest BCUT2D eigenvalue weighted by Gasteiger charge is -2.26. The van der Waals surface area contributed by atoms with E-state index in [2.05, 4.69) is 5.32 Å². The molecule has 27 heavy (non-hydrogen) atoms. The lowest BCUT2D eigenvalue weighted by atomic mass is 10.2. The number of morpholine rings is 1. The summed E-state index contributed by atoms with van der Waals surface area (Å²) in [7, 11) is -4.05. The Kier molecular flexibility index (Phi) is 6.02. The van der Waals surface area contributed by atoms with Gasteiger partial charge in [-0.15, -0.1) is 0 Å². The van der Waals surface area contributed by atoms with Crippen molar-refractivity contribution in [2.45, 2.75) is 4.90 Å². The number of amides is 1. The van der Waals surface area contributed by atoms with Crippen LogP contribution in [0.4, 0.5) is 10.1 Å². The number of carbonyl (C=O) groups excluding carboxylic acids is 1. The summed E-state index contributed by atoms with van der Waals surface area (Å²) in [5, 5.41) is 3.03. The van der Waals surface area contributed by atoms with Crippen molar-refractivity contribution in [1.82, 2.24) is 4.31 Å². The highest BCUT2D eigenvalue weighted by molar-refractivity contribution is 7.89. The van der Waals surface area contributed by atoms with Crippen LogP contribution in [-0.4, -0.2) is 44.9 Å². The van der Waals surface area contributed by atoms with E-state index >= 15 is 0 Å². The molecule has 0 bridgehead atoms. The molecule has 0 aliphatic carbocycles. The molecule has 0 spiro atoms. The highest BCUT2D eigenvalue weighted by Crippen LogP contribution is 2.26. The van der Waals surface area contributed by atoms with Gasteiger partial charge in [0.1, 0.15) is 10.7 Å². The summed E-state index contributed by atoms with van der Waals surface area (Å²) >= 11 is 11.8. The van der Waals surface area contributed by atoms with E-state index in [1.54, 1.807) is 0 Å². The highest BCUT2D eigenvalue weighted by atomic mass is 35.5. The van der Waals surface area contributed by atoms with Crippen LogP contribution in [0.25, 0.3) is 0 Å². The van der Waals surface area contributed by atoms with Crippen LogP contribution in [0.5, 0.6) is 0 Å². The molecule has 6 nitrogen and oxygen atoms in total. The molecule has 1 saturated heterocycles. The monoisotopic (exact) mass is 432 g/mol. The van der Waals surface area contributed by atoms with E-state index < -0.39 is 26.6 Å². The first-order valence-corrected chi connectivity index (χ1v) is 10.1. The van der Waals surface area contributed by atoms with Crippen molar-refractivity contribution >= 4 is 44.8 Å². The number of hydrogen-bond donors (Lipinski definition) is 1. The van der Waals surface area contributed by atoms with Crippen molar-refractivity contribution in [3.05, 3.63) is 57.8 Å². The molecular weight excluding hydrogens is 418 g/mol. The van der Waals surface area contributed by atoms with Gasteiger partial charge in [0.05, 0.1) is 23.8 Å².